The Balaban J connectivity index is 1.60. The highest BCUT2D eigenvalue weighted by Crippen LogP contribution is 2.45. The van der Waals surface area contributed by atoms with Gasteiger partial charge < -0.3 is 4.90 Å². The largest absolute Gasteiger partial charge is 0.335 e. The molecule has 4 rings (SSSR count). The Morgan fingerprint density at radius 1 is 1.10 bits per heavy atom. The number of hydrogen-bond acceptors (Lipinski definition) is 6. The Hall–Kier alpha value is -2.88. The van der Waals surface area contributed by atoms with Crippen LogP contribution in [-0.4, -0.2) is 31.1 Å². The maximum atomic E-state index is 12.9. The van der Waals surface area contributed by atoms with E-state index in [2.05, 4.69) is 29.1 Å². The van der Waals surface area contributed by atoms with Gasteiger partial charge in [-0.25, -0.2) is 0 Å². The lowest BCUT2D eigenvalue weighted by atomic mass is 10.1. The highest BCUT2D eigenvalue weighted by atomic mass is 32.2. The number of anilines is 2. The number of amides is 1. The van der Waals surface area contributed by atoms with Crippen LogP contribution >= 0.6 is 11.8 Å². The Morgan fingerprint density at radius 3 is 2.47 bits per heavy atom. The number of thioether (sulfide) groups is 1. The molecule has 7 nitrogen and oxygen atoms in total. The molecular formula is C21H19N3O4S2. The van der Waals surface area contributed by atoms with Crippen LogP contribution in [-0.2, 0) is 14.9 Å². The maximum absolute atomic E-state index is 12.9. The molecule has 0 aromatic heterocycles. The molecule has 9 heteroatoms. The fourth-order valence-corrected chi connectivity index (χ4v) is 4.91. The van der Waals surface area contributed by atoms with Crippen LogP contribution in [0.3, 0.4) is 0 Å². The summed E-state index contributed by atoms with van der Waals surface area (Å²) < 4.78 is 31.5. The van der Waals surface area contributed by atoms with Crippen molar-refractivity contribution in [3.63, 3.8) is 0 Å². The van der Waals surface area contributed by atoms with E-state index in [-0.39, 0.29) is 10.8 Å². The highest BCUT2D eigenvalue weighted by Gasteiger charge is 2.29. The zero-order chi connectivity index (χ0) is 21.5. The molecule has 0 aliphatic carbocycles. The van der Waals surface area contributed by atoms with Crippen LogP contribution < -0.4 is 9.91 Å². The maximum Gasteiger partial charge on any atom is 0.294 e. The van der Waals surface area contributed by atoms with Crippen molar-refractivity contribution >= 4 is 44.9 Å². The van der Waals surface area contributed by atoms with Gasteiger partial charge in [-0.3, -0.25) is 9.35 Å². The summed E-state index contributed by atoms with van der Waals surface area (Å²) in [6, 6.07) is 13.5. The average Bonchev–Trinajstić information content (AvgIpc) is 3.22. The lowest BCUT2D eigenvalue weighted by Gasteiger charge is -2.17. The summed E-state index contributed by atoms with van der Waals surface area (Å²) in [5.41, 5.74) is 2.60. The number of carbonyl (C=O) groups excluding carboxylic acids is 1. The van der Waals surface area contributed by atoms with Gasteiger partial charge in [0.15, 0.2) is 0 Å². The van der Waals surface area contributed by atoms with Crippen molar-refractivity contribution in [1.29, 1.82) is 0 Å². The van der Waals surface area contributed by atoms with Gasteiger partial charge in [0.1, 0.15) is 0 Å². The zero-order valence-electron chi connectivity index (χ0n) is 16.3. The summed E-state index contributed by atoms with van der Waals surface area (Å²) in [7, 11) is -4.29. The first-order valence-electron chi connectivity index (χ1n) is 9.23. The summed E-state index contributed by atoms with van der Waals surface area (Å²) in [6.07, 6.45) is 3.69. The van der Waals surface area contributed by atoms with Gasteiger partial charge in [-0.15, -0.1) is 0 Å². The first-order valence-corrected chi connectivity index (χ1v) is 11.5. The van der Waals surface area contributed by atoms with Crippen molar-refractivity contribution in [2.24, 2.45) is 5.10 Å². The van der Waals surface area contributed by atoms with Gasteiger partial charge in [-0.2, -0.15) is 18.5 Å². The molecule has 0 saturated heterocycles. The van der Waals surface area contributed by atoms with E-state index in [0.717, 1.165) is 17.3 Å². The summed E-state index contributed by atoms with van der Waals surface area (Å²) in [6.45, 7) is 4.64. The monoisotopic (exact) mass is 441 g/mol. The fraction of sp³-hybridized carbons (Fsp3) is 0.143. The average molecular weight is 442 g/mol. The number of hydrazone groups is 1. The number of hydrogen-bond donors (Lipinski definition) is 1. The number of para-hydroxylation sites is 1. The predicted molar refractivity (Wildman–Crippen MR) is 118 cm³/mol. The van der Waals surface area contributed by atoms with E-state index in [1.54, 1.807) is 24.8 Å². The van der Waals surface area contributed by atoms with Crippen molar-refractivity contribution in [3.8, 4) is 0 Å². The molecule has 30 heavy (non-hydrogen) atoms. The van der Waals surface area contributed by atoms with Crippen molar-refractivity contribution in [1.82, 2.24) is 0 Å². The van der Waals surface area contributed by atoms with Gasteiger partial charge in [0, 0.05) is 11.4 Å². The minimum atomic E-state index is -4.29. The molecule has 0 saturated carbocycles. The van der Waals surface area contributed by atoms with E-state index < -0.39 is 10.1 Å². The van der Waals surface area contributed by atoms with Crippen molar-refractivity contribution in [2.75, 3.05) is 16.5 Å². The standard InChI is InChI=1S/C21H19N3O4S2/c1-3-23-18-6-4-5-7-19(18)29-20(23)13-12-17-14(2)22-24(21(17)25)15-8-10-16(11-9-15)30(26,27)28/h4-13H,3H2,1-2H3,(H,26,27,28). The lowest BCUT2D eigenvalue weighted by molar-refractivity contribution is -0.114. The zero-order valence-corrected chi connectivity index (χ0v) is 17.9. The molecule has 154 valence electrons. The second-order valence-electron chi connectivity index (χ2n) is 6.67. The van der Waals surface area contributed by atoms with Crippen molar-refractivity contribution in [2.45, 2.75) is 23.6 Å². The summed E-state index contributed by atoms with van der Waals surface area (Å²) in [5.74, 6) is -0.299. The molecule has 0 atom stereocenters. The van der Waals surface area contributed by atoms with Crippen LogP contribution in [0.15, 0.2) is 86.2 Å². The minimum Gasteiger partial charge on any atom is -0.335 e. The van der Waals surface area contributed by atoms with Crippen LogP contribution in [0.2, 0.25) is 0 Å². The molecule has 2 aromatic carbocycles. The smallest absolute Gasteiger partial charge is 0.294 e. The van der Waals surface area contributed by atoms with Crippen molar-refractivity contribution < 1.29 is 17.8 Å². The number of fused-ring (bicyclic) bond motifs is 1. The Labute approximate surface area is 179 Å². The van der Waals surface area contributed by atoms with Gasteiger partial charge in [-0.05, 0) is 62.4 Å². The van der Waals surface area contributed by atoms with Crippen LogP contribution in [0.5, 0.6) is 0 Å². The van der Waals surface area contributed by atoms with Crippen LogP contribution in [0.1, 0.15) is 13.8 Å². The van der Waals surface area contributed by atoms with Crippen LogP contribution in [0.25, 0.3) is 0 Å². The van der Waals surface area contributed by atoms with E-state index in [1.807, 2.05) is 18.2 Å². The Morgan fingerprint density at radius 2 is 1.80 bits per heavy atom. The molecule has 0 fully saturated rings. The van der Waals surface area contributed by atoms with E-state index in [9.17, 15) is 13.2 Å². The molecule has 0 bridgehead atoms. The van der Waals surface area contributed by atoms with Crippen molar-refractivity contribution in [3.05, 3.63) is 71.3 Å². The Kier molecular flexibility index (Phi) is 5.27. The fourth-order valence-electron chi connectivity index (χ4n) is 3.30. The molecule has 0 unspecified atom stereocenters. The summed E-state index contributed by atoms with van der Waals surface area (Å²) in [5, 5.41) is 6.56. The van der Waals surface area contributed by atoms with E-state index in [0.29, 0.717) is 17.0 Å². The van der Waals surface area contributed by atoms with Gasteiger partial charge in [0.05, 0.1) is 32.6 Å². The molecule has 1 N–H and O–H groups in total. The second kappa shape index (κ2) is 7.75. The number of nitrogens with zero attached hydrogens (tertiary/aromatic N) is 3. The minimum absolute atomic E-state index is 0.239. The van der Waals surface area contributed by atoms with E-state index in [1.165, 1.54) is 34.2 Å². The molecule has 2 aromatic rings. The molecular weight excluding hydrogens is 422 g/mol. The Bertz CT molecular complexity index is 1220. The normalized spacial score (nSPS) is 19.0. The third kappa shape index (κ3) is 3.67. The van der Waals surface area contributed by atoms with Gasteiger partial charge in [-0.1, -0.05) is 23.9 Å². The van der Waals surface area contributed by atoms with Gasteiger partial charge in [0.2, 0.25) is 0 Å². The third-order valence-electron chi connectivity index (χ3n) is 4.79. The lowest BCUT2D eigenvalue weighted by Crippen LogP contribution is -2.21. The molecule has 0 spiro atoms. The molecule has 1 amide bonds. The second-order valence-corrected chi connectivity index (χ2v) is 9.15. The van der Waals surface area contributed by atoms with Gasteiger partial charge >= 0.3 is 0 Å². The first-order chi connectivity index (χ1) is 14.3. The first kappa shape index (κ1) is 20.4. The number of benzene rings is 2. The third-order valence-corrected chi connectivity index (χ3v) is 6.79. The molecule has 0 radical (unpaired) electrons. The number of rotatable bonds is 4. The molecule has 2 aliphatic rings. The van der Waals surface area contributed by atoms with Gasteiger partial charge in [0.25, 0.3) is 16.0 Å². The van der Waals surface area contributed by atoms with E-state index >= 15 is 0 Å². The summed E-state index contributed by atoms with van der Waals surface area (Å²) >= 11 is 1.65. The number of carbonyl (C=O) groups is 1. The quantitative estimate of drug-likeness (QED) is 0.569. The predicted octanol–water partition coefficient (Wildman–Crippen LogP) is 4.06. The number of allylic oxidation sites excluding steroid dienone is 2. The van der Waals surface area contributed by atoms with Crippen LogP contribution in [0.4, 0.5) is 11.4 Å². The summed E-state index contributed by atoms with van der Waals surface area (Å²) in [4.78, 5) is 16.0. The topological polar surface area (TPSA) is 90.3 Å². The molecule has 2 heterocycles. The van der Waals surface area contributed by atoms with E-state index in [4.69, 9.17) is 4.55 Å². The molecule has 2 aliphatic heterocycles. The SMILES string of the molecule is CCN1C(=CC=C2C(=O)N(c3ccc(S(=O)(=O)O)cc3)N=C2C)Sc2ccccc21. The highest BCUT2D eigenvalue weighted by molar-refractivity contribution is 8.03. The van der Waals surface area contributed by atoms with Crippen LogP contribution in [0, 0.1) is 0 Å².